The Kier molecular flexibility index (Phi) is 3.76. The topological polar surface area (TPSA) is 12.0 Å². The molecule has 0 saturated carbocycles. The van der Waals surface area contributed by atoms with Crippen LogP contribution >= 0.6 is 15.9 Å². The molecule has 1 unspecified atom stereocenters. The summed E-state index contributed by atoms with van der Waals surface area (Å²) >= 11 is 3.43. The van der Waals surface area contributed by atoms with E-state index in [1.165, 1.54) is 30.9 Å². The van der Waals surface area contributed by atoms with Crippen LogP contribution in [-0.2, 0) is 0 Å². The highest BCUT2D eigenvalue weighted by molar-refractivity contribution is 9.10. The molecule has 0 aliphatic carbocycles. The molecule has 0 radical (unpaired) electrons. The van der Waals surface area contributed by atoms with E-state index in [0.717, 1.165) is 17.4 Å². The number of rotatable bonds is 1. The molecule has 1 fully saturated rings. The number of benzene rings is 1. The highest BCUT2D eigenvalue weighted by atomic mass is 79.9. The van der Waals surface area contributed by atoms with E-state index in [0.29, 0.717) is 6.04 Å². The predicted octanol–water partition coefficient (Wildman–Crippen LogP) is 3.79. The Bertz CT molecular complexity index is 332. The zero-order chi connectivity index (χ0) is 10.7. The van der Waals surface area contributed by atoms with Crippen LogP contribution in [0.1, 0.15) is 37.3 Å². The van der Waals surface area contributed by atoms with Gasteiger partial charge < -0.3 is 5.32 Å². The summed E-state index contributed by atoms with van der Waals surface area (Å²) < 4.78 is 13.8. The third kappa shape index (κ3) is 2.79. The summed E-state index contributed by atoms with van der Waals surface area (Å²) in [6, 6.07) is 5.33. The Morgan fingerprint density at radius 1 is 1.27 bits per heavy atom. The van der Waals surface area contributed by atoms with E-state index in [4.69, 9.17) is 0 Å². The van der Waals surface area contributed by atoms with Crippen LogP contribution in [0.4, 0.5) is 4.39 Å². The van der Waals surface area contributed by atoms with E-state index < -0.39 is 0 Å². The van der Waals surface area contributed by atoms with Gasteiger partial charge in [-0.25, -0.2) is 4.39 Å². The minimum Gasteiger partial charge on any atom is -0.310 e. The molecule has 0 bridgehead atoms. The van der Waals surface area contributed by atoms with Crippen LogP contribution in [0, 0.1) is 5.82 Å². The van der Waals surface area contributed by atoms with Crippen LogP contribution in [0.5, 0.6) is 0 Å². The van der Waals surface area contributed by atoms with Crippen molar-refractivity contribution < 1.29 is 4.39 Å². The van der Waals surface area contributed by atoms with Crippen LogP contribution in [0.3, 0.4) is 0 Å². The van der Waals surface area contributed by atoms with Gasteiger partial charge in [0.15, 0.2) is 0 Å². The molecule has 1 heterocycles. The second-order valence-electron chi connectivity index (χ2n) is 4.02. The smallest absolute Gasteiger partial charge is 0.124 e. The minimum atomic E-state index is -0.181. The normalized spacial score (nSPS) is 22.4. The van der Waals surface area contributed by atoms with Crippen LogP contribution in [0.2, 0.25) is 0 Å². The zero-order valence-electron chi connectivity index (χ0n) is 8.60. The lowest BCUT2D eigenvalue weighted by atomic mass is 10.0. The van der Waals surface area contributed by atoms with E-state index in [-0.39, 0.29) is 5.82 Å². The lowest BCUT2D eigenvalue weighted by molar-refractivity contribution is 0.530. The first kappa shape index (κ1) is 11.1. The van der Waals surface area contributed by atoms with E-state index in [1.54, 1.807) is 6.07 Å². The third-order valence-corrected chi connectivity index (χ3v) is 3.58. The van der Waals surface area contributed by atoms with Crippen LogP contribution in [0.25, 0.3) is 0 Å². The van der Waals surface area contributed by atoms with Gasteiger partial charge in [0.05, 0.1) is 0 Å². The van der Waals surface area contributed by atoms with E-state index >= 15 is 0 Å². The van der Waals surface area contributed by atoms with Crippen molar-refractivity contribution in [3.8, 4) is 0 Å². The quantitative estimate of drug-likeness (QED) is 0.820. The molecule has 1 aliphatic rings. The average molecular weight is 272 g/mol. The Balaban J connectivity index is 2.19. The molecular formula is C12H15BrFN. The third-order valence-electron chi connectivity index (χ3n) is 2.90. The van der Waals surface area contributed by atoms with Gasteiger partial charge in [0.2, 0.25) is 0 Å². The van der Waals surface area contributed by atoms with E-state index in [9.17, 15) is 4.39 Å². The number of hydrogen-bond acceptors (Lipinski definition) is 1. The van der Waals surface area contributed by atoms with Crippen molar-refractivity contribution in [2.75, 3.05) is 6.54 Å². The van der Waals surface area contributed by atoms with E-state index in [1.807, 2.05) is 6.07 Å². The standard InChI is InChI=1S/C12H15BrFN/c13-11-8-9(14)5-6-10(11)12-4-2-1-3-7-15-12/h5-6,8,12,15H,1-4,7H2. The van der Waals surface area contributed by atoms with Crippen molar-refractivity contribution in [1.82, 2.24) is 5.32 Å². The summed E-state index contributed by atoms with van der Waals surface area (Å²) in [5.41, 5.74) is 1.18. The van der Waals surface area contributed by atoms with Gasteiger partial charge in [0.1, 0.15) is 5.82 Å². The van der Waals surface area contributed by atoms with Crippen LogP contribution in [-0.4, -0.2) is 6.54 Å². The Morgan fingerprint density at radius 2 is 2.13 bits per heavy atom. The molecule has 1 nitrogen and oxygen atoms in total. The maximum atomic E-state index is 12.9. The monoisotopic (exact) mass is 271 g/mol. The van der Waals surface area contributed by atoms with Crippen LogP contribution < -0.4 is 5.32 Å². The van der Waals surface area contributed by atoms with Crippen molar-refractivity contribution in [2.24, 2.45) is 0 Å². The van der Waals surface area contributed by atoms with Gasteiger partial charge in [0, 0.05) is 10.5 Å². The Hall–Kier alpha value is -0.410. The summed E-state index contributed by atoms with van der Waals surface area (Å²) in [5, 5.41) is 3.51. The molecule has 0 aromatic heterocycles. The van der Waals surface area contributed by atoms with Gasteiger partial charge >= 0.3 is 0 Å². The van der Waals surface area contributed by atoms with Crippen molar-refractivity contribution in [1.29, 1.82) is 0 Å². The molecule has 2 rings (SSSR count). The molecule has 1 saturated heterocycles. The van der Waals surface area contributed by atoms with Gasteiger partial charge in [-0.05, 0) is 37.1 Å². The average Bonchev–Trinajstić information content (AvgIpc) is 2.46. The molecule has 3 heteroatoms. The summed E-state index contributed by atoms with van der Waals surface area (Å²) in [6.45, 7) is 1.06. The number of nitrogens with one attached hydrogen (secondary N) is 1. The maximum Gasteiger partial charge on any atom is 0.124 e. The zero-order valence-corrected chi connectivity index (χ0v) is 10.2. The van der Waals surface area contributed by atoms with Gasteiger partial charge in [-0.1, -0.05) is 34.8 Å². The second kappa shape index (κ2) is 5.08. The molecule has 0 spiro atoms. The lowest BCUT2D eigenvalue weighted by Crippen LogP contribution is -2.20. The van der Waals surface area contributed by atoms with Gasteiger partial charge in [-0.15, -0.1) is 0 Å². The first-order valence-corrected chi connectivity index (χ1v) is 6.25. The van der Waals surface area contributed by atoms with E-state index in [2.05, 4.69) is 21.2 Å². The minimum absolute atomic E-state index is 0.181. The molecule has 1 aromatic carbocycles. The van der Waals surface area contributed by atoms with Crippen molar-refractivity contribution >= 4 is 15.9 Å². The summed E-state index contributed by atoms with van der Waals surface area (Å²) in [4.78, 5) is 0. The fourth-order valence-corrected chi connectivity index (χ4v) is 2.71. The molecule has 1 aliphatic heterocycles. The van der Waals surface area contributed by atoms with Crippen molar-refractivity contribution in [2.45, 2.75) is 31.7 Å². The van der Waals surface area contributed by atoms with Gasteiger partial charge in [-0.3, -0.25) is 0 Å². The lowest BCUT2D eigenvalue weighted by Gasteiger charge is -2.17. The van der Waals surface area contributed by atoms with Crippen LogP contribution in [0.15, 0.2) is 22.7 Å². The van der Waals surface area contributed by atoms with Gasteiger partial charge in [-0.2, -0.15) is 0 Å². The highest BCUT2D eigenvalue weighted by Gasteiger charge is 2.16. The van der Waals surface area contributed by atoms with Gasteiger partial charge in [0.25, 0.3) is 0 Å². The molecule has 1 N–H and O–H groups in total. The Morgan fingerprint density at radius 3 is 2.93 bits per heavy atom. The maximum absolute atomic E-state index is 12.9. The molecule has 1 aromatic rings. The fourth-order valence-electron chi connectivity index (χ4n) is 2.08. The molecule has 82 valence electrons. The van der Waals surface area contributed by atoms with Crippen molar-refractivity contribution in [3.63, 3.8) is 0 Å². The highest BCUT2D eigenvalue weighted by Crippen LogP contribution is 2.29. The molecule has 0 amide bonds. The molecular weight excluding hydrogens is 257 g/mol. The summed E-state index contributed by atoms with van der Waals surface area (Å²) in [7, 11) is 0. The molecule has 1 atom stereocenters. The predicted molar refractivity (Wildman–Crippen MR) is 63.3 cm³/mol. The first-order chi connectivity index (χ1) is 7.27. The Labute approximate surface area is 98.2 Å². The number of hydrogen-bond donors (Lipinski definition) is 1. The summed E-state index contributed by atoms with van der Waals surface area (Å²) in [5.74, 6) is -0.181. The fraction of sp³-hybridized carbons (Fsp3) is 0.500. The SMILES string of the molecule is Fc1ccc(C2CCCCCN2)c(Br)c1. The number of halogens is 2. The largest absolute Gasteiger partial charge is 0.310 e. The molecule has 15 heavy (non-hydrogen) atoms. The summed E-state index contributed by atoms with van der Waals surface area (Å²) in [6.07, 6.45) is 4.93. The first-order valence-electron chi connectivity index (χ1n) is 5.46. The van der Waals surface area contributed by atoms with Crippen molar-refractivity contribution in [3.05, 3.63) is 34.1 Å². The second-order valence-corrected chi connectivity index (χ2v) is 4.88.